The molecule has 3 heterocycles. The third-order valence-electron chi connectivity index (χ3n) is 5.86. The topological polar surface area (TPSA) is 80.0 Å². The molecule has 0 bridgehead atoms. The Balaban J connectivity index is 1.57. The van der Waals surface area contributed by atoms with Crippen LogP contribution in [0.3, 0.4) is 0 Å². The summed E-state index contributed by atoms with van der Waals surface area (Å²) in [5.41, 5.74) is 0.853. The van der Waals surface area contributed by atoms with Crippen molar-refractivity contribution in [1.82, 2.24) is 4.90 Å². The highest BCUT2D eigenvalue weighted by Gasteiger charge is 2.45. The summed E-state index contributed by atoms with van der Waals surface area (Å²) < 4.78 is 24.9. The number of rotatable bonds is 5. The van der Waals surface area contributed by atoms with E-state index in [1.807, 2.05) is 0 Å². The van der Waals surface area contributed by atoms with Gasteiger partial charge in [0.1, 0.15) is 11.4 Å². The number of carbonyl (C=O) groups is 2. The summed E-state index contributed by atoms with van der Waals surface area (Å²) in [5.74, 6) is -2.40. The Hall–Kier alpha value is -3.16. The van der Waals surface area contributed by atoms with Crippen molar-refractivity contribution in [3.8, 4) is 0 Å². The third-order valence-corrected chi connectivity index (χ3v) is 6.10. The van der Waals surface area contributed by atoms with Gasteiger partial charge in [0.15, 0.2) is 11.5 Å². The highest BCUT2D eigenvalue weighted by atomic mass is 35.5. The van der Waals surface area contributed by atoms with Gasteiger partial charge >= 0.3 is 0 Å². The average molecular weight is 456 g/mol. The zero-order valence-corrected chi connectivity index (χ0v) is 17.6. The van der Waals surface area contributed by atoms with Crippen LogP contribution in [0.25, 0.3) is 11.0 Å². The molecule has 5 rings (SSSR count). The molecule has 6 nitrogen and oxygen atoms in total. The minimum absolute atomic E-state index is 0.0253. The Kier molecular flexibility index (Phi) is 5.23. The number of furan rings is 1. The molecule has 1 saturated heterocycles. The van der Waals surface area contributed by atoms with Gasteiger partial charge in [0.2, 0.25) is 5.78 Å². The van der Waals surface area contributed by atoms with Crippen molar-refractivity contribution in [3.63, 3.8) is 0 Å². The van der Waals surface area contributed by atoms with Gasteiger partial charge in [0, 0.05) is 23.6 Å². The maximum Gasteiger partial charge on any atom is 0.290 e. The molecule has 0 aliphatic carbocycles. The van der Waals surface area contributed by atoms with Crippen LogP contribution < -0.4 is 0 Å². The van der Waals surface area contributed by atoms with Gasteiger partial charge in [-0.25, -0.2) is 4.39 Å². The van der Waals surface area contributed by atoms with E-state index in [1.54, 1.807) is 18.2 Å². The highest BCUT2D eigenvalue weighted by molar-refractivity contribution is 6.31. The first-order chi connectivity index (χ1) is 15.4. The zero-order valence-electron chi connectivity index (χ0n) is 16.9. The van der Waals surface area contributed by atoms with Crippen LogP contribution >= 0.6 is 11.6 Å². The van der Waals surface area contributed by atoms with Crippen molar-refractivity contribution < 1.29 is 28.2 Å². The largest absolute Gasteiger partial charge is 0.503 e. The van der Waals surface area contributed by atoms with E-state index in [-0.39, 0.29) is 24.0 Å². The Morgan fingerprint density at radius 3 is 2.69 bits per heavy atom. The van der Waals surface area contributed by atoms with Crippen molar-refractivity contribution in [3.05, 3.63) is 82.0 Å². The number of amides is 1. The lowest BCUT2D eigenvalue weighted by atomic mass is 9.94. The average Bonchev–Trinajstić information content (AvgIpc) is 3.49. The van der Waals surface area contributed by atoms with E-state index >= 15 is 0 Å². The molecule has 0 radical (unpaired) electrons. The van der Waals surface area contributed by atoms with Gasteiger partial charge < -0.3 is 19.2 Å². The number of carbonyl (C=O) groups excluding carboxylic acids is 2. The molecule has 32 heavy (non-hydrogen) atoms. The van der Waals surface area contributed by atoms with E-state index in [9.17, 15) is 19.1 Å². The Bertz CT molecular complexity index is 1240. The first kappa shape index (κ1) is 20.7. The van der Waals surface area contributed by atoms with E-state index in [0.717, 1.165) is 12.8 Å². The summed E-state index contributed by atoms with van der Waals surface area (Å²) in [6.07, 6.45) is 1.45. The molecule has 164 valence electrons. The number of hydrogen-bond acceptors (Lipinski definition) is 5. The minimum Gasteiger partial charge on any atom is -0.503 e. The fourth-order valence-electron chi connectivity index (χ4n) is 4.33. The molecule has 1 aromatic heterocycles. The Morgan fingerprint density at radius 1 is 1.19 bits per heavy atom. The molecule has 3 aromatic rings. The van der Waals surface area contributed by atoms with Gasteiger partial charge in [-0.1, -0.05) is 23.7 Å². The smallest absolute Gasteiger partial charge is 0.290 e. The monoisotopic (exact) mass is 455 g/mol. The number of ether oxygens (including phenoxy) is 1. The van der Waals surface area contributed by atoms with Crippen molar-refractivity contribution in [1.29, 1.82) is 0 Å². The fourth-order valence-corrected chi connectivity index (χ4v) is 4.51. The number of Topliss-reactive ketones (excluding diaryl/α,β-unsaturated/α-hetero) is 1. The summed E-state index contributed by atoms with van der Waals surface area (Å²) in [6.45, 7) is 0.804. The maximum atomic E-state index is 13.6. The Labute approximate surface area is 187 Å². The van der Waals surface area contributed by atoms with E-state index in [2.05, 4.69) is 0 Å². The van der Waals surface area contributed by atoms with Crippen LogP contribution in [0.1, 0.15) is 35.0 Å². The third kappa shape index (κ3) is 3.57. The molecular weight excluding hydrogens is 437 g/mol. The molecule has 2 aliphatic rings. The molecule has 0 spiro atoms. The quantitative estimate of drug-likeness (QED) is 0.549. The van der Waals surface area contributed by atoms with Gasteiger partial charge in [0.05, 0.1) is 17.7 Å². The minimum atomic E-state index is -0.892. The van der Waals surface area contributed by atoms with Crippen molar-refractivity contribution in [2.75, 3.05) is 13.2 Å². The SMILES string of the molecule is O=C(C1=C(O)C(=O)N(CC2CCCO2)C1c1ccc(F)cc1)c1cc2cc(Cl)ccc2o1. The molecule has 2 aromatic carbocycles. The molecular formula is C24H19ClFNO5. The van der Waals surface area contributed by atoms with E-state index in [4.69, 9.17) is 20.8 Å². The van der Waals surface area contributed by atoms with Crippen LogP contribution in [0.5, 0.6) is 0 Å². The van der Waals surface area contributed by atoms with Crippen molar-refractivity contribution in [2.24, 2.45) is 0 Å². The standard InChI is InChI=1S/C24H19ClFNO5/c25-15-5-8-18-14(10-15)11-19(32-18)22(28)20-21(13-3-6-16(26)7-4-13)27(24(30)23(20)29)12-17-2-1-9-31-17/h3-8,10-11,17,21,29H,1-2,9,12H2. The maximum absolute atomic E-state index is 13.6. The first-order valence-corrected chi connectivity index (χ1v) is 10.6. The van der Waals surface area contributed by atoms with Gasteiger partial charge in [-0.3, -0.25) is 9.59 Å². The van der Waals surface area contributed by atoms with Gasteiger partial charge in [0.25, 0.3) is 5.91 Å². The van der Waals surface area contributed by atoms with Crippen LogP contribution in [0.15, 0.2) is 64.3 Å². The molecule has 2 unspecified atom stereocenters. The lowest BCUT2D eigenvalue weighted by Crippen LogP contribution is -2.37. The van der Waals surface area contributed by atoms with Crippen LogP contribution in [0.4, 0.5) is 4.39 Å². The van der Waals surface area contributed by atoms with Crippen LogP contribution in [-0.4, -0.2) is 41.0 Å². The second kappa shape index (κ2) is 8.07. The van der Waals surface area contributed by atoms with Crippen molar-refractivity contribution >= 4 is 34.3 Å². The summed E-state index contributed by atoms with van der Waals surface area (Å²) in [5, 5.41) is 11.8. The number of ketones is 1. The second-order valence-corrected chi connectivity index (χ2v) is 8.37. The molecule has 8 heteroatoms. The normalized spacial score (nSPS) is 21.2. The fraction of sp³-hybridized carbons (Fsp3) is 0.250. The molecule has 0 saturated carbocycles. The van der Waals surface area contributed by atoms with Gasteiger partial charge in [-0.2, -0.15) is 0 Å². The molecule has 2 aliphatic heterocycles. The van der Waals surface area contributed by atoms with Gasteiger partial charge in [-0.05, 0) is 54.8 Å². The number of aliphatic hydroxyl groups is 1. The van der Waals surface area contributed by atoms with Gasteiger partial charge in [-0.15, -0.1) is 0 Å². The van der Waals surface area contributed by atoms with E-state index in [1.165, 1.54) is 35.2 Å². The highest BCUT2D eigenvalue weighted by Crippen LogP contribution is 2.40. The number of fused-ring (bicyclic) bond motifs is 1. The second-order valence-electron chi connectivity index (χ2n) is 7.93. The number of nitrogens with zero attached hydrogens (tertiary/aromatic N) is 1. The zero-order chi connectivity index (χ0) is 22.4. The van der Waals surface area contributed by atoms with E-state index < -0.39 is 29.3 Å². The summed E-state index contributed by atoms with van der Waals surface area (Å²) in [6, 6.07) is 11.1. The molecule has 1 fully saturated rings. The number of halogens is 2. The first-order valence-electron chi connectivity index (χ1n) is 10.3. The summed E-state index contributed by atoms with van der Waals surface area (Å²) in [7, 11) is 0. The Morgan fingerprint density at radius 2 is 1.97 bits per heavy atom. The predicted molar refractivity (Wildman–Crippen MR) is 115 cm³/mol. The lowest BCUT2D eigenvalue weighted by Gasteiger charge is -2.28. The van der Waals surface area contributed by atoms with Crippen LogP contribution in [-0.2, 0) is 9.53 Å². The summed E-state index contributed by atoms with van der Waals surface area (Å²) in [4.78, 5) is 27.9. The van der Waals surface area contributed by atoms with Crippen molar-refractivity contribution in [2.45, 2.75) is 25.0 Å². The molecule has 1 N–H and O–H groups in total. The van der Waals surface area contributed by atoms with Crippen LogP contribution in [0, 0.1) is 5.82 Å². The number of aliphatic hydroxyl groups excluding tert-OH is 1. The van der Waals surface area contributed by atoms with E-state index in [0.29, 0.717) is 28.2 Å². The predicted octanol–water partition coefficient (Wildman–Crippen LogP) is 4.98. The van der Waals surface area contributed by atoms with Crippen LogP contribution in [0.2, 0.25) is 5.02 Å². The summed E-state index contributed by atoms with van der Waals surface area (Å²) >= 11 is 6.02. The lowest BCUT2D eigenvalue weighted by molar-refractivity contribution is -0.131. The molecule has 1 amide bonds. The molecule has 2 atom stereocenters. The number of benzene rings is 2. The number of hydrogen-bond donors (Lipinski definition) is 1.